The predicted molar refractivity (Wildman–Crippen MR) is 60.9 cm³/mol. The molecule has 0 saturated carbocycles. The van der Waals surface area contributed by atoms with Crippen molar-refractivity contribution >= 4 is 11.8 Å². The van der Waals surface area contributed by atoms with Gasteiger partial charge in [0.05, 0.1) is 10.5 Å². The fourth-order valence-electron chi connectivity index (χ4n) is 1.30. The van der Waals surface area contributed by atoms with E-state index in [2.05, 4.69) is 10.0 Å². The molecule has 0 aliphatic rings. The summed E-state index contributed by atoms with van der Waals surface area (Å²) in [7, 11) is 0. The summed E-state index contributed by atoms with van der Waals surface area (Å²) < 4.78 is 0. The monoisotopic (exact) mass is 218 g/mol. The molecule has 0 aromatic heterocycles. The molecule has 0 fully saturated rings. The van der Waals surface area contributed by atoms with E-state index in [4.69, 9.17) is 5.53 Å². The molecule has 0 saturated heterocycles. The highest BCUT2D eigenvalue weighted by molar-refractivity contribution is 5.64. The average molecular weight is 218 g/mol. The van der Waals surface area contributed by atoms with Gasteiger partial charge in [0.15, 0.2) is 0 Å². The lowest BCUT2D eigenvalue weighted by Crippen LogP contribution is -1.93. The predicted octanol–water partition coefficient (Wildman–Crippen LogP) is 3.23. The Morgan fingerprint density at radius 2 is 2.38 bits per heavy atom. The second-order valence-corrected chi connectivity index (χ2v) is 3.08. The van der Waals surface area contributed by atoms with Crippen molar-refractivity contribution in [3.05, 3.63) is 56.0 Å². The van der Waals surface area contributed by atoms with Crippen LogP contribution in [0, 0.1) is 17.0 Å². The van der Waals surface area contributed by atoms with Crippen LogP contribution in [0.1, 0.15) is 11.1 Å². The molecular formula is C10H10N4O2. The van der Waals surface area contributed by atoms with Gasteiger partial charge in [-0.25, -0.2) is 0 Å². The molecule has 0 atom stereocenters. The van der Waals surface area contributed by atoms with Crippen molar-refractivity contribution in [1.29, 1.82) is 0 Å². The minimum Gasteiger partial charge on any atom is -0.258 e. The van der Waals surface area contributed by atoms with Gasteiger partial charge in [-0.1, -0.05) is 29.4 Å². The maximum atomic E-state index is 10.8. The lowest BCUT2D eigenvalue weighted by atomic mass is 10.1. The summed E-state index contributed by atoms with van der Waals surface area (Å²) in [6.07, 6.45) is 3.19. The Hall–Kier alpha value is -2.33. The topological polar surface area (TPSA) is 91.9 Å². The summed E-state index contributed by atoms with van der Waals surface area (Å²) in [6, 6.07) is 4.87. The Labute approximate surface area is 92.0 Å². The van der Waals surface area contributed by atoms with Crippen molar-refractivity contribution in [2.75, 3.05) is 6.54 Å². The van der Waals surface area contributed by atoms with Gasteiger partial charge >= 0.3 is 0 Å². The largest absolute Gasteiger partial charge is 0.276 e. The third-order valence-electron chi connectivity index (χ3n) is 2.03. The zero-order chi connectivity index (χ0) is 12.0. The van der Waals surface area contributed by atoms with E-state index in [1.807, 2.05) is 0 Å². The van der Waals surface area contributed by atoms with E-state index in [0.29, 0.717) is 5.56 Å². The maximum absolute atomic E-state index is 10.8. The number of benzene rings is 1. The quantitative estimate of drug-likeness (QED) is 0.255. The molecule has 1 rings (SSSR count). The molecule has 0 aliphatic heterocycles. The molecular weight excluding hydrogens is 208 g/mol. The van der Waals surface area contributed by atoms with Gasteiger partial charge in [-0.15, -0.1) is 0 Å². The smallest absolute Gasteiger partial charge is 0.258 e. The molecule has 0 spiro atoms. The molecule has 1 aromatic carbocycles. The van der Waals surface area contributed by atoms with E-state index in [0.717, 1.165) is 5.56 Å². The van der Waals surface area contributed by atoms with Crippen LogP contribution in [0.3, 0.4) is 0 Å². The SMILES string of the molecule is Cc1cccc([N+](=O)[O-])c1C=CCN=[N+]=[N-]. The van der Waals surface area contributed by atoms with E-state index < -0.39 is 4.92 Å². The van der Waals surface area contributed by atoms with Gasteiger partial charge < -0.3 is 0 Å². The van der Waals surface area contributed by atoms with Crippen LogP contribution in [0.2, 0.25) is 0 Å². The first kappa shape index (κ1) is 11.7. The Morgan fingerprint density at radius 3 is 3.00 bits per heavy atom. The average Bonchev–Trinajstić information content (AvgIpc) is 2.25. The lowest BCUT2D eigenvalue weighted by molar-refractivity contribution is -0.385. The summed E-state index contributed by atoms with van der Waals surface area (Å²) in [5.41, 5.74) is 9.48. The Morgan fingerprint density at radius 1 is 1.62 bits per heavy atom. The second-order valence-electron chi connectivity index (χ2n) is 3.08. The molecule has 0 bridgehead atoms. The number of azide groups is 1. The van der Waals surface area contributed by atoms with Crippen molar-refractivity contribution in [2.45, 2.75) is 6.92 Å². The molecule has 82 valence electrons. The number of nitro benzene ring substituents is 1. The second kappa shape index (κ2) is 5.53. The first-order valence-corrected chi connectivity index (χ1v) is 4.58. The minimum atomic E-state index is -0.430. The summed E-state index contributed by atoms with van der Waals surface area (Å²) >= 11 is 0. The summed E-state index contributed by atoms with van der Waals surface area (Å²) in [5.74, 6) is 0. The van der Waals surface area contributed by atoms with E-state index in [9.17, 15) is 10.1 Å². The van der Waals surface area contributed by atoms with Crippen molar-refractivity contribution in [1.82, 2.24) is 0 Å². The van der Waals surface area contributed by atoms with E-state index in [-0.39, 0.29) is 12.2 Å². The fraction of sp³-hybridized carbons (Fsp3) is 0.200. The van der Waals surface area contributed by atoms with Gasteiger partial charge in [0, 0.05) is 17.5 Å². The minimum absolute atomic E-state index is 0.0530. The van der Waals surface area contributed by atoms with Crippen LogP contribution < -0.4 is 0 Å². The number of nitrogens with zero attached hydrogens (tertiary/aromatic N) is 4. The van der Waals surface area contributed by atoms with Gasteiger partial charge in [0.25, 0.3) is 5.69 Å². The van der Waals surface area contributed by atoms with Crippen molar-refractivity contribution in [3.63, 3.8) is 0 Å². The molecule has 0 aliphatic carbocycles. The van der Waals surface area contributed by atoms with Crippen LogP contribution in [-0.4, -0.2) is 11.5 Å². The third-order valence-corrected chi connectivity index (χ3v) is 2.03. The number of nitro groups is 1. The van der Waals surface area contributed by atoms with Gasteiger partial charge in [0.1, 0.15) is 0 Å². The van der Waals surface area contributed by atoms with Crippen LogP contribution in [-0.2, 0) is 0 Å². The summed E-state index contributed by atoms with van der Waals surface area (Å²) in [5, 5.41) is 14.1. The van der Waals surface area contributed by atoms with Gasteiger partial charge in [-0.05, 0) is 18.0 Å². The molecule has 0 amide bonds. The van der Waals surface area contributed by atoms with Gasteiger partial charge in [-0.2, -0.15) is 0 Å². The highest BCUT2D eigenvalue weighted by atomic mass is 16.6. The number of hydrogen-bond donors (Lipinski definition) is 0. The highest BCUT2D eigenvalue weighted by Gasteiger charge is 2.11. The summed E-state index contributed by atoms with van der Waals surface area (Å²) in [4.78, 5) is 12.9. The maximum Gasteiger partial charge on any atom is 0.276 e. The first-order valence-electron chi connectivity index (χ1n) is 4.58. The molecule has 16 heavy (non-hydrogen) atoms. The normalized spacial score (nSPS) is 10.1. The van der Waals surface area contributed by atoms with Crippen LogP contribution in [0.15, 0.2) is 29.4 Å². The molecule has 0 radical (unpaired) electrons. The van der Waals surface area contributed by atoms with Crippen LogP contribution in [0.25, 0.3) is 16.5 Å². The molecule has 6 nitrogen and oxygen atoms in total. The van der Waals surface area contributed by atoms with Crippen LogP contribution >= 0.6 is 0 Å². The number of hydrogen-bond acceptors (Lipinski definition) is 3. The van der Waals surface area contributed by atoms with E-state index in [1.165, 1.54) is 6.07 Å². The number of rotatable bonds is 4. The Kier molecular flexibility index (Phi) is 4.06. The standard InChI is InChI=1S/C10H10N4O2/c1-8-4-2-6-10(14(15)16)9(8)5-3-7-12-13-11/h2-6H,7H2,1H3. The highest BCUT2D eigenvalue weighted by Crippen LogP contribution is 2.22. The zero-order valence-corrected chi connectivity index (χ0v) is 8.70. The zero-order valence-electron chi connectivity index (χ0n) is 8.70. The fourth-order valence-corrected chi connectivity index (χ4v) is 1.30. The van der Waals surface area contributed by atoms with Crippen molar-refractivity contribution in [3.8, 4) is 0 Å². The van der Waals surface area contributed by atoms with Crippen LogP contribution in [0.5, 0.6) is 0 Å². The first-order chi connectivity index (χ1) is 7.66. The summed E-state index contributed by atoms with van der Waals surface area (Å²) in [6.45, 7) is 1.97. The molecule has 0 heterocycles. The van der Waals surface area contributed by atoms with E-state index >= 15 is 0 Å². The lowest BCUT2D eigenvalue weighted by Gasteiger charge is -2.00. The van der Waals surface area contributed by atoms with Crippen molar-refractivity contribution in [2.24, 2.45) is 5.11 Å². The number of aryl methyl sites for hydroxylation is 1. The molecule has 0 unspecified atom stereocenters. The van der Waals surface area contributed by atoms with Crippen LogP contribution in [0.4, 0.5) is 5.69 Å². The molecule has 6 heteroatoms. The Balaban J connectivity index is 3.05. The molecule has 1 aromatic rings. The third kappa shape index (κ3) is 2.83. The molecule has 0 N–H and O–H groups in total. The van der Waals surface area contributed by atoms with Crippen molar-refractivity contribution < 1.29 is 4.92 Å². The Bertz CT molecular complexity index is 476. The van der Waals surface area contributed by atoms with Gasteiger partial charge in [-0.3, -0.25) is 10.1 Å². The van der Waals surface area contributed by atoms with Gasteiger partial charge in [0.2, 0.25) is 0 Å². The van der Waals surface area contributed by atoms with E-state index in [1.54, 1.807) is 31.2 Å².